The highest BCUT2D eigenvalue weighted by Gasteiger charge is 2.08. The fourth-order valence-corrected chi connectivity index (χ4v) is 0.749. The van der Waals surface area contributed by atoms with Crippen molar-refractivity contribution >= 4 is 0 Å². The molecule has 0 nitrogen and oxygen atoms in total. The summed E-state index contributed by atoms with van der Waals surface area (Å²) >= 11 is 0. The number of alkyl halides is 2. The third-order valence-corrected chi connectivity index (χ3v) is 1.87. The third-order valence-electron chi connectivity index (χ3n) is 1.87. The Hall–Kier alpha value is -0.920. The molecule has 74 valence electrons. The van der Waals surface area contributed by atoms with Crippen molar-refractivity contribution < 1.29 is 8.78 Å². The molecule has 0 N–H and O–H groups in total. The van der Waals surface area contributed by atoms with Crippen molar-refractivity contribution in [1.29, 1.82) is 0 Å². The van der Waals surface area contributed by atoms with Crippen molar-refractivity contribution in [3.05, 3.63) is 36.0 Å². The summed E-state index contributed by atoms with van der Waals surface area (Å²) in [4.78, 5) is 0. The lowest BCUT2D eigenvalue weighted by Gasteiger charge is -2.06. The molecule has 0 radical (unpaired) electrons. The summed E-state index contributed by atoms with van der Waals surface area (Å²) in [6.45, 7) is 9.20. The molecule has 0 aromatic rings. The highest BCUT2D eigenvalue weighted by molar-refractivity contribution is 5.28. The quantitative estimate of drug-likeness (QED) is 0.583. The second kappa shape index (κ2) is 5.68. The Labute approximate surface area is 78.7 Å². The SMILES string of the molecule is C=C/C=C(\C=C(/C)C(C)C)C(F)F. The first-order valence-corrected chi connectivity index (χ1v) is 4.28. The zero-order valence-electron chi connectivity index (χ0n) is 8.35. The zero-order chi connectivity index (χ0) is 10.4. The van der Waals surface area contributed by atoms with Crippen LogP contribution in [0, 0.1) is 5.92 Å². The van der Waals surface area contributed by atoms with Gasteiger partial charge in [-0.3, -0.25) is 0 Å². The topological polar surface area (TPSA) is 0 Å². The molecule has 0 rings (SSSR count). The Balaban J connectivity index is 4.70. The lowest BCUT2D eigenvalue weighted by atomic mass is 10.0. The van der Waals surface area contributed by atoms with E-state index in [2.05, 4.69) is 6.58 Å². The molecule has 2 heteroatoms. The molecule has 0 aliphatic carbocycles. The van der Waals surface area contributed by atoms with Gasteiger partial charge in [-0.1, -0.05) is 44.2 Å². The minimum atomic E-state index is -2.42. The summed E-state index contributed by atoms with van der Waals surface area (Å²) in [5.41, 5.74) is 0.981. The summed E-state index contributed by atoms with van der Waals surface area (Å²) < 4.78 is 24.7. The lowest BCUT2D eigenvalue weighted by Crippen LogP contribution is -1.97. The highest BCUT2D eigenvalue weighted by Crippen LogP contribution is 2.16. The molecule has 0 fully saturated rings. The second-order valence-electron chi connectivity index (χ2n) is 3.25. The monoisotopic (exact) mass is 186 g/mol. The molecule has 0 aliphatic rings. The zero-order valence-corrected chi connectivity index (χ0v) is 8.35. The van der Waals surface area contributed by atoms with E-state index in [0.29, 0.717) is 5.92 Å². The maximum atomic E-state index is 12.3. The molecular weight excluding hydrogens is 170 g/mol. The molecule has 13 heavy (non-hydrogen) atoms. The van der Waals surface area contributed by atoms with E-state index >= 15 is 0 Å². The Bertz CT molecular complexity index is 222. The number of rotatable bonds is 4. The van der Waals surface area contributed by atoms with Crippen LogP contribution in [0.1, 0.15) is 20.8 Å². The molecule has 0 aromatic carbocycles. The Morgan fingerprint density at radius 3 is 2.15 bits per heavy atom. The van der Waals surface area contributed by atoms with Crippen LogP contribution in [-0.2, 0) is 0 Å². The Morgan fingerprint density at radius 1 is 1.31 bits per heavy atom. The van der Waals surface area contributed by atoms with Crippen molar-refractivity contribution in [2.75, 3.05) is 0 Å². The van der Waals surface area contributed by atoms with Gasteiger partial charge in [0.2, 0.25) is 0 Å². The molecular formula is C11H16F2. The van der Waals surface area contributed by atoms with Gasteiger partial charge in [0.15, 0.2) is 0 Å². The van der Waals surface area contributed by atoms with Crippen LogP contribution < -0.4 is 0 Å². The van der Waals surface area contributed by atoms with Crippen molar-refractivity contribution in [1.82, 2.24) is 0 Å². The van der Waals surface area contributed by atoms with Crippen LogP contribution >= 0.6 is 0 Å². The molecule has 0 spiro atoms. The van der Waals surface area contributed by atoms with Crippen LogP contribution in [-0.4, -0.2) is 6.43 Å². The van der Waals surface area contributed by atoms with E-state index < -0.39 is 6.43 Å². The summed E-state index contributed by atoms with van der Waals surface area (Å²) in [5.74, 6) is 0.298. The Kier molecular flexibility index (Phi) is 5.28. The molecule has 0 aliphatic heterocycles. The van der Waals surface area contributed by atoms with Gasteiger partial charge >= 0.3 is 0 Å². The van der Waals surface area contributed by atoms with Crippen LogP contribution in [0.15, 0.2) is 36.0 Å². The first-order valence-electron chi connectivity index (χ1n) is 4.28. The normalized spacial score (nSPS) is 14.1. The summed E-state index contributed by atoms with van der Waals surface area (Å²) in [5, 5.41) is 0. The average Bonchev–Trinajstić information content (AvgIpc) is 2.03. The van der Waals surface area contributed by atoms with Gasteiger partial charge in [-0.15, -0.1) is 0 Å². The molecule has 0 saturated carbocycles. The molecule has 0 aromatic heterocycles. The van der Waals surface area contributed by atoms with Crippen LogP contribution in [0.4, 0.5) is 8.78 Å². The van der Waals surface area contributed by atoms with E-state index in [4.69, 9.17) is 0 Å². The van der Waals surface area contributed by atoms with Crippen molar-refractivity contribution in [2.24, 2.45) is 5.92 Å². The van der Waals surface area contributed by atoms with Gasteiger partial charge in [0.1, 0.15) is 0 Å². The third kappa shape index (κ3) is 4.61. The van der Waals surface area contributed by atoms with Gasteiger partial charge < -0.3 is 0 Å². The first kappa shape index (κ1) is 12.1. The van der Waals surface area contributed by atoms with Crippen molar-refractivity contribution in [3.63, 3.8) is 0 Å². The maximum absolute atomic E-state index is 12.3. The summed E-state index contributed by atoms with van der Waals surface area (Å²) in [6, 6.07) is 0. The molecule has 0 bridgehead atoms. The number of hydrogen-bond acceptors (Lipinski definition) is 0. The van der Waals surface area contributed by atoms with Gasteiger partial charge in [0.05, 0.1) is 0 Å². The van der Waals surface area contributed by atoms with E-state index in [1.165, 1.54) is 18.2 Å². The van der Waals surface area contributed by atoms with Gasteiger partial charge in [-0.05, 0) is 12.8 Å². The van der Waals surface area contributed by atoms with E-state index in [9.17, 15) is 8.78 Å². The van der Waals surface area contributed by atoms with Crippen LogP contribution in [0.5, 0.6) is 0 Å². The first-order chi connectivity index (χ1) is 5.99. The number of allylic oxidation sites excluding steroid dienone is 5. The summed E-state index contributed by atoms with van der Waals surface area (Å²) in [7, 11) is 0. The number of hydrogen-bond donors (Lipinski definition) is 0. The van der Waals surface area contributed by atoms with Crippen molar-refractivity contribution in [3.8, 4) is 0 Å². The molecule has 0 saturated heterocycles. The fourth-order valence-electron chi connectivity index (χ4n) is 0.749. The average molecular weight is 186 g/mol. The van der Waals surface area contributed by atoms with Crippen LogP contribution in [0.2, 0.25) is 0 Å². The Morgan fingerprint density at radius 2 is 1.85 bits per heavy atom. The van der Waals surface area contributed by atoms with Gasteiger partial charge in [0.25, 0.3) is 6.43 Å². The lowest BCUT2D eigenvalue weighted by molar-refractivity contribution is 0.194. The van der Waals surface area contributed by atoms with Gasteiger partial charge in [0, 0.05) is 5.57 Å². The minimum Gasteiger partial charge on any atom is -0.205 e. The van der Waals surface area contributed by atoms with Crippen LogP contribution in [0.3, 0.4) is 0 Å². The van der Waals surface area contributed by atoms with E-state index in [0.717, 1.165) is 5.57 Å². The van der Waals surface area contributed by atoms with Crippen molar-refractivity contribution in [2.45, 2.75) is 27.2 Å². The predicted molar refractivity (Wildman–Crippen MR) is 52.9 cm³/mol. The highest BCUT2D eigenvalue weighted by atomic mass is 19.3. The second-order valence-corrected chi connectivity index (χ2v) is 3.25. The fraction of sp³-hybridized carbons (Fsp3) is 0.455. The standard InChI is InChI=1S/C11H16F2/c1-5-6-10(11(12)13)7-9(4)8(2)3/h5-8,11H,1H2,2-4H3/b9-7+,10-6+. The molecule has 0 unspecified atom stereocenters. The molecule has 0 atom stereocenters. The van der Waals surface area contributed by atoms with Gasteiger partial charge in [-0.2, -0.15) is 0 Å². The predicted octanol–water partition coefficient (Wildman–Crippen LogP) is 3.97. The van der Waals surface area contributed by atoms with E-state index in [1.54, 1.807) is 0 Å². The molecule has 0 amide bonds. The maximum Gasteiger partial charge on any atom is 0.263 e. The number of halogens is 2. The summed E-state index contributed by atoms with van der Waals surface area (Å²) in [6.07, 6.45) is 1.82. The van der Waals surface area contributed by atoms with E-state index in [1.807, 2.05) is 20.8 Å². The van der Waals surface area contributed by atoms with Gasteiger partial charge in [-0.25, -0.2) is 8.78 Å². The molecule has 0 heterocycles. The van der Waals surface area contributed by atoms with Crippen LogP contribution in [0.25, 0.3) is 0 Å². The largest absolute Gasteiger partial charge is 0.263 e. The van der Waals surface area contributed by atoms with E-state index in [-0.39, 0.29) is 5.57 Å². The minimum absolute atomic E-state index is 0.0289. The smallest absolute Gasteiger partial charge is 0.205 e.